The van der Waals surface area contributed by atoms with Crippen LogP contribution in [-0.4, -0.2) is 82.3 Å². The summed E-state index contributed by atoms with van der Waals surface area (Å²) in [6.45, 7) is 8.25. The van der Waals surface area contributed by atoms with Crippen molar-refractivity contribution < 1.29 is 38.9 Å². The fourth-order valence-electron chi connectivity index (χ4n) is 7.23. The van der Waals surface area contributed by atoms with Gasteiger partial charge >= 0.3 is 11.9 Å². The Balaban J connectivity index is 0.00000372. The van der Waals surface area contributed by atoms with Crippen LogP contribution in [0.2, 0.25) is 5.02 Å². The normalized spacial score (nSPS) is 15.8. The van der Waals surface area contributed by atoms with Crippen molar-refractivity contribution in [1.82, 2.24) is 20.6 Å². The minimum atomic E-state index is -0.906. The molecule has 0 unspecified atom stereocenters. The number of nitrogens with one attached hydrogen (secondary N) is 3. The fraction of sp³-hybridized carbons (Fsp3) is 0.450. The number of hydrogen-bond donors (Lipinski definition) is 5. The van der Waals surface area contributed by atoms with Crippen LogP contribution < -0.4 is 16.0 Å². The van der Waals surface area contributed by atoms with Crippen molar-refractivity contribution >= 4 is 90.6 Å². The van der Waals surface area contributed by atoms with Crippen LogP contribution in [0.25, 0.3) is 11.1 Å². The number of ether oxygens (including phenoxy) is 2. The van der Waals surface area contributed by atoms with Crippen molar-refractivity contribution in [2.45, 2.75) is 78.0 Å². The summed E-state index contributed by atoms with van der Waals surface area (Å²) in [4.78, 5) is 61.6. The molecule has 18 heteroatoms. The van der Waals surface area contributed by atoms with Gasteiger partial charge in [0.15, 0.2) is 15.8 Å². The van der Waals surface area contributed by atoms with Crippen molar-refractivity contribution in [1.29, 1.82) is 0 Å². The van der Waals surface area contributed by atoms with Crippen LogP contribution >= 0.6 is 61.3 Å². The molecule has 2 fully saturated rings. The Morgan fingerprint density at radius 3 is 1.78 bits per heavy atom. The number of Topliss-reactive ketones (excluding diaryl/α,β-unsaturated/α-hetero) is 1. The molecule has 4 heterocycles. The van der Waals surface area contributed by atoms with Gasteiger partial charge in [0.25, 0.3) is 5.91 Å². The maximum absolute atomic E-state index is 13.5. The molecule has 2 aromatic carbocycles. The van der Waals surface area contributed by atoms with Crippen LogP contribution in [0.15, 0.2) is 36.4 Å². The molecule has 314 valence electrons. The summed E-state index contributed by atoms with van der Waals surface area (Å²) in [6, 6.07) is 9.60. The van der Waals surface area contributed by atoms with Gasteiger partial charge < -0.3 is 25.0 Å². The van der Waals surface area contributed by atoms with E-state index in [4.69, 9.17) is 21.1 Å². The molecular weight excluding hydrogens is 842 g/mol. The first-order chi connectivity index (χ1) is 26.9. The number of ketones is 1. The van der Waals surface area contributed by atoms with Gasteiger partial charge in [-0.25, -0.2) is 9.97 Å². The number of carboxylic acids is 2. The molecule has 1 amide bonds. The molecule has 4 aromatic rings. The predicted octanol–water partition coefficient (Wildman–Crippen LogP) is 6.69. The van der Waals surface area contributed by atoms with Crippen molar-refractivity contribution in [3.8, 4) is 11.1 Å². The Labute approximate surface area is 364 Å². The Morgan fingerprint density at radius 2 is 1.24 bits per heavy atom. The molecule has 0 aliphatic carbocycles. The Kier molecular flexibility index (Phi) is 17.7. The zero-order chi connectivity index (χ0) is 39.9. The number of halogens is 1. The van der Waals surface area contributed by atoms with Gasteiger partial charge in [-0.2, -0.15) is 27.0 Å². The topological polar surface area (TPSA) is 189 Å². The van der Waals surface area contributed by atoms with E-state index in [2.05, 4.69) is 25.9 Å². The maximum atomic E-state index is 13.5. The summed E-state index contributed by atoms with van der Waals surface area (Å²) in [5.74, 6) is -2.45. The van der Waals surface area contributed by atoms with Gasteiger partial charge in [-0.1, -0.05) is 41.9 Å². The van der Waals surface area contributed by atoms with Crippen LogP contribution in [0.5, 0.6) is 0 Å². The van der Waals surface area contributed by atoms with Crippen LogP contribution in [0.1, 0.15) is 77.6 Å². The largest absolute Gasteiger partial charge is 0.480 e. The molecule has 2 aromatic heterocycles. The standard InChI is InChI=1S/C40H46ClN5O8S2.2H2S/c1-21-27(7-5-9-29(21)46-36(48)38-45-23(3)32(56-38)20-43-35(40(51)52)25-12-16-54-17-13-25)28-8-4-6-26(33(28)41)18-30(47)37-44-22(2)31(55-37)19-42-34(39(49)50)24-10-14-53-15-11-24;;/h4-9,24-25,34-35,42-43H,10-20H2,1-3H3,(H,46,48)(H,49,50)(H,51,52);2*1H2/t34-,35-;;/m0../s1. The van der Waals surface area contributed by atoms with Gasteiger partial charge in [-0.05, 0) is 81.0 Å². The summed E-state index contributed by atoms with van der Waals surface area (Å²) >= 11 is 9.46. The molecule has 58 heavy (non-hydrogen) atoms. The number of aryl methyl sites for hydroxylation is 2. The molecule has 0 radical (unpaired) electrons. The molecule has 2 atom stereocenters. The number of nitrogens with zero attached hydrogens (tertiary/aromatic N) is 2. The number of rotatable bonds is 16. The highest BCUT2D eigenvalue weighted by Gasteiger charge is 2.31. The summed E-state index contributed by atoms with van der Waals surface area (Å²) in [6.07, 6.45) is 2.72. The zero-order valence-corrected chi connectivity index (χ0v) is 36.9. The van der Waals surface area contributed by atoms with Gasteiger partial charge in [-0.3, -0.25) is 29.8 Å². The minimum absolute atomic E-state index is 0. The number of benzene rings is 2. The van der Waals surface area contributed by atoms with E-state index in [0.29, 0.717) is 90.3 Å². The van der Waals surface area contributed by atoms with E-state index in [9.17, 15) is 29.4 Å². The van der Waals surface area contributed by atoms with Crippen molar-refractivity contribution in [2.75, 3.05) is 31.7 Å². The van der Waals surface area contributed by atoms with Gasteiger partial charge in [0.05, 0.1) is 16.4 Å². The third-order valence-electron chi connectivity index (χ3n) is 10.5. The highest BCUT2D eigenvalue weighted by atomic mass is 35.5. The lowest BCUT2D eigenvalue weighted by molar-refractivity contribution is -0.143. The van der Waals surface area contributed by atoms with Gasteiger partial charge in [-0.15, -0.1) is 22.7 Å². The lowest BCUT2D eigenvalue weighted by atomic mass is 9.92. The van der Waals surface area contributed by atoms with E-state index in [0.717, 1.165) is 20.9 Å². The SMILES string of the molecule is Cc1nc(C(=O)Cc2cccc(-c3cccc(NC(=O)c4nc(C)c(CN[C@H](C(=O)O)C5CCOCC5)s4)c3C)c2Cl)sc1CN[C@H](C(=O)O)C1CCOCC1.S.S. The van der Waals surface area contributed by atoms with Crippen molar-refractivity contribution in [2.24, 2.45) is 11.8 Å². The first-order valence-corrected chi connectivity index (χ1v) is 20.6. The van der Waals surface area contributed by atoms with E-state index in [1.54, 1.807) is 19.1 Å². The van der Waals surface area contributed by atoms with Gasteiger partial charge in [0.1, 0.15) is 12.1 Å². The van der Waals surface area contributed by atoms with E-state index in [-0.39, 0.29) is 75.0 Å². The maximum Gasteiger partial charge on any atom is 0.320 e. The monoisotopic (exact) mass is 891 g/mol. The Morgan fingerprint density at radius 1 is 0.759 bits per heavy atom. The number of aromatic nitrogens is 2. The molecule has 0 saturated carbocycles. The first-order valence-electron chi connectivity index (χ1n) is 18.6. The fourth-order valence-corrected chi connectivity index (χ4v) is 9.38. The average molecular weight is 893 g/mol. The molecule has 0 spiro atoms. The second-order valence-electron chi connectivity index (χ2n) is 14.2. The Hall–Kier alpha value is -3.39. The third-order valence-corrected chi connectivity index (χ3v) is 13.3. The number of amides is 1. The van der Waals surface area contributed by atoms with Crippen molar-refractivity contribution in [3.05, 3.63) is 83.7 Å². The number of carboxylic acid groups (broad SMARTS) is 2. The van der Waals surface area contributed by atoms with Gasteiger partial charge in [0, 0.05) is 66.9 Å². The second-order valence-corrected chi connectivity index (χ2v) is 16.7. The van der Waals surface area contributed by atoms with E-state index in [1.165, 1.54) is 22.7 Å². The molecule has 2 aliphatic rings. The molecule has 6 rings (SSSR count). The summed E-state index contributed by atoms with van der Waals surface area (Å²) in [7, 11) is 0. The van der Waals surface area contributed by atoms with Crippen LogP contribution in [-0.2, 0) is 38.6 Å². The predicted molar refractivity (Wildman–Crippen MR) is 236 cm³/mol. The molecule has 2 saturated heterocycles. The zero-order valence-electron chi connectivity index (χ0n) is 32.5. The van der Waals surface area contributed by atoms with Gasteiger partial charge in [0.2, 0.25) is 0 Å². The smallest absolute Gasteiger partial charge is 0.320 e. The molecular formula is C40H50ClN5O8S4. The number of carbonyl (C=O) groups excluding carboxylic acids is 2. The summed E-state index contributed by atoms with van der Waals surface area (Å²) < 4.78 is 10.8. The average Bonchev–Trinajstić information content (AvgIpc) is 3.75. The Bertz CT molecular complexity index is 1940. The lowest BCUT2D eigenvalue weighted by Crippen LogP contribution is -2.44. The van der Waals surface area contributed by atoms with Crippen LogP contribution in [0, 0.1) is 32.6 Å². The molecule has 2 aliphatic heterocycles. The lowest BCUT2D eigenvalue weighted by Gasteiger charge is -2.28. The van der Waals surface area contributed by atoms with Crippen LogP contribution in [0.4, 0.5) is 5.69 Å². The highest BCUT2D eigenvalue weighted by Crippen LogP contribution is 2.36. The number of anilines is 1. The third kappa shape index (κ3) is 11.5. The molecule has 0 bridgehead atoms. The van der Waals surface area contributed by atoms with Crippen molar-refractivity contribution in [3.63, 3.8) is 0 Å². The quantitative estimate of drug-likeness (QED) is 0.0752. The van der Waals surface area contributed by atoms with E-state index >= 15 is 0 Å². The molecule has 13 nitrogen and oxygen atoms in total. The minimum Gasteiger partial charge on any atom is -0.480 e. The number of thiazole rings is 2. The highest BCUT2D eigenvalue weighted by molar-refractivity contribution is 7.59. The van der Waals surface area contributed by atoms with Crippen LogP contribution in [0.3, 0.4) is 0 Å². The first kappa shape index (κ1) is 47.3. The molecule has 5 N–H and O–H groups in total. The summed E-state index contributed by atoms with van der Waals surface area (Å²) in [5.41, 5.74) is 4.79. The number of hydrogen-bond acceptors (Lipinski definition) is 12. The van der Waals surface area contributed by atoms with E-state index in [1.807, 2.05) is 38.1 Å². The number of carbonyl (C=O) groups is 4. The second kappa shape index (κ2) is 21.7. The summed E-state index contributed by atoms with van der Waals surface area (Å²) in [5, 5.41) is 30.0. The number of aliphatic carboxylic acids is 2. The van der Waals surface area contributed by atoms with E-state index < -0.39 is 24.0 Å².